The molecule has 0 N–H and O–H groups in total. The maximum absolute atomic E-state index is 11.5. The topological polar surface area (TPSA) is 61.8 Å². The largest absolute Gasteiger partial charge is 0.494 e. The molecule has 5 heteroatoms. The average Bonchev–Trinajstić information content (AvgIpc) is 3.29. The molecule has 0 saturated heterocycles. The van der Waals surface area contributed by atoms with E-state index in [0.29, 0.717) is 35.9 Å². The monoisotopic (exact) mass is 498 g/mol. The predicted octanol–water partition coefficient (Wildman–Crippen LogP) is 6.76. The Kier molecular flexibility index (Phi) is 6.83. The number of fused-ring (bicyclic) bond motifs is 7. The second-order valence-electron chi connectivity index (χ2n) is 13.2. The zero-order valence-electron chi connectivity index (χ0n) is 23.2. The fourth-order valence-corrected chi connectivity index (χ4v) is 9.27. The van der Waals surface area contributed by atoms with Gasteiger partial charge in [-0.2, -0.15) is 0 Å². The Bertz CT molecular complexity index is 964. The predicted molar refractivity (Wildman–Crippen MR) is 139 cm³/mol. The average molecular weight is 499 g/mol. The Balaban J connectivity index is 1.29. The molecule has 5 aliphatic rings. The summed E-state index contributed by atoms with van der Waals surface area (Å²) >= 11 is 0. The van der Waals surface area contributed by atoms with E-state index in [4.69, 9.17) is 14.2 Å². The van der Waals surface area contributed by atoms with Gasteiger partial charge in [-0.15, -0.1) is 0 Å². The van der Waals surface area contributed by atoms with Crippen molar-refractivity contribution < 1.29 is 23.8 Å². The van der Waals surface area contributed by atoms with Crippen molar-refractivity contribution in [2.24, 2.45) is 40.4 Å². The van der Waals surface area contributed by atoms with Crippen molar-refractivity contribution in [3.05, 3.63) is 23.0 Å². The lowest BCUT2D eigenvalue weighted by Gasteiger charge is -2.58. The number of allylic oxidation sites excluding steroid dienone is 2. The molecule has 1 aliphatic heterocycles. The molecule has 0 spiro atoms. The summed E-state index contributed by atoms with van der Waals surface area (Å²) in [7, 11) is 0. The Morgan fingerprint density at radius 2 is 1.92 bits per heavy atom. The first-order valence-corrected chi connectivity index (χ1v) is 14.4. The first kappa shape index (κ1) is 25.9. The van der Waals surface area contributed by atoms with E-state index in [0.717, 1.165) is 43.9 Å². The quantitative estimate of drug-likeness (QED) is 0.299. The van der Waals surface area contributed by atoms with Crippen molar-refractivity contribution in [1.82, 2.24) is 0 Å². The van der Waals surface area contributed by atoms with Gasteiger partial charge in [-0.1, -0.05) is 32.4 Å². The number of hydrogen-bond acceptors (Lipinski definition) is 5. The van der Waals surface area contributed by atoms with Crippen LogP contribution in [0.1, 0.15) is 99.3 Å². The number of carbonyl (C=O) groups excluding carboxylic acids is 2. The number of hydrogen-bond donors (Lipinski definition) is 0. The van der Waals surface area contributed by atoms with Gasteiger partial charge in [-0.25, -0.2) is 0 Å². The van der Waals surface area contributed by atoms with Gasteiger partial charge < -0.3 is 14.2 Å². The normalized spacial score (nSPS) is 41.8. The highest BCUT2D eigenvalue weighted by molar-refractivity contribution is 5.66. The minimum atomic E-state index is -0.200. The lowest BCUT2D eigenvalue weighted by molar-refractivity contribution is -0.148. The molecule has 3 saturated carbocycles. The van der Waals surface area contributed by atoms with Crippen LogP contribution in [0.4, 0.5) is 0 Å². The molecular formula is C31H46O5. The van der Waals surface area contributed by atoms with Gasteiger partial charge in [0, 0.05) is 32.6 Å². The van der Waals surface area contributed by atoms with Crippen LogP contribution in [-0.2, 0) is 23.8 Å². The molecule has 0 bridgehead atoms. The van der Waals surface area contributed by atoms with Crippen molar-refractivity contribution >= 4 is 11.9 Å². The van der Waals surface area contributed by atoms with Gasteiger partial charge in [0.2, 0.25) is 0 Å². The van der Waals surface area contributed by atoms with Crippen molar-refractivity contribution in [2.75, 3.05) is 6.61 Å². The molecule has 5 nitrogen and oxygen atoms in total. The van der Waals surface area contributed by atoms with Crippen LogP contribution in [-0.4, -0.2) is 30.8 Å². The van der Waals surface area contributed by atoms with Crippen molar-refractivity contribution in [1.29, 1.82) is 0 Å². The number of ether oxygens (including phenoxy) is 3. The third kappa shape index (κ3) is 4.32. The van der Waals surface area contributed by atoms with Crippen LogP contribution in [0.15, 0.2) is 23.0 Å². The smallest absolute Gasteiger partial charge is 0.302 e. The summed E-state index contributed by atoms with van der Waals surface area (Å²) in [4.78, 5) is 22.7. The Hall–Kier alpha value is -1.78. The Morgan fingerprint density at radius 3 is 2.64 bits per heavy atom. The molecule has 3 fully saturated rings. The molecule has 5 rings (SSSR count). The summed E-state index contributed by atoms with van der Waals surface area (Å²) in [6.45, 7) is 13.1. The SMILES string of the molecule is CC(=O)OC[C@H](C)CCC1=C(C)[C@@H]2[C@H](C[C@@H]3[C@@H]4CC=C5C[C@H](OC(C)=O)CC[C@]5(C)[C@@H]4CC[C@@]32C)O1. The second kappa shape index (κ2) is 9.51. The Labute approximate surface area is 217 Å². The van der Waals surface area contributed by atoms with E-state index in [1.807, 2.05) is 0 Å². The maximum Gasteiger partial charge on any atom is 0.302 e. The maximum atomic E-state index is 11.5. The van der Waals surface area contributed by atoms with Gasteiger partial charge in [0.05, 0.1) is 12.4 Å². The van der Waals surface area contributed by atoms with E-state index in [2.05, 4.69) is 33.8 Å². The molecule has 0 unspecified atom stereocenters. The van der Waals surface area contributed by atoms with Gasteiger partial charge >= 0.3 is 11.9 Å². The zero-order chi connectivity index (χ0) is 25.8. The van der Waals surface area contributed by atoms with Crippen LogP contribution in [0, 0.1) is 40.4 Å². The molecule has 0 aromatic rings. The van der Waals surface area contributed by atoms with E-state index >= 15 is 0 Å². The lowest BCUT2D eigenvalue weighted by atomic mass is 9.47. The molecule has 0 aromatic heterocycles. The first-order valence-electron chi connectivity index (χ1n) is 14.4. The van der Waals surface area contributed by atoms with E-state index in [9.17, 15) is 9.59 Å². The molecule has 0 amide bonds. The van der Waals surface area contributed by atoms with Crippen LogP contribution in [0.3, 0.4) is 0 Å². The van der Waals surface area contributed by atoms with E-state index in [-0.39, 0.29) is 23.5 Å². The third-order valence-electron chi connectivity index (χ3n) is 11.0. The van der Waals surface area contributed by atoms with Gasteiger partial charge in [-0.3, -0.25) is 9.59 Å². The lowest BCUT2D eigenvalue weighted by Crippen LogP contribution is -2.50. The molecule has 36 heavy (non-hydrogen) atoms. The van der Waals surface area contributed by atoms with E-state index in [1.165, 1.54) is 50.9 Å². The van der Waals surface area contributed by atoms with E-state index < -0.39 is 0 Å². The van der Waals surface area contributed by atoms with E-state index in [1.54, 1.807) is 5.57 Å². The van der Waals surface area contributed by atoms with Crippen LogP contribution in [0.5, 0.6) is 0 Å². The highest BCUT2D eigenvalue weighted by Crippen LogP contribution is 2.69. The third-order valence-corrected chi connectivity index (χ3v) is 11.0. The second-order valence-corrected chi connectivity index (χ2v) is 13.2. The molecular weight excluding hydrogens is 452 g/mol. The number of esters is 2. The standard InChI is InChI=1S/C31H46O5/c1-18(17-34-20(3)32)7-10-27-19(2)29-28(36-27)16-26-24-9-8-22-15-23(35-21(4)33)11-13-30(22,5)25(24)12-14-31(26,29)6/h8,18,23-26,28-29H,7,9-17H2,1-6H3/t18-,23-,24-,25-,26-,28+,29-,30+,31+/m1/s1. The van der Waals surface area contributed by atoms with Crippen molar-refractivity contribution in [3.63, 3.8) is 0 Å². The van der Waals surface area contributed by atoms with Crippen LogP contribution in [0.2, 0.25) is 0 Å². The van der Waals surface area contributed by atoms with Crippen LogP contribution >= 0.6 is 0 Å². The fraction of sp³-hybridized carbons (Fsp3) is 0.806. The first-order chi connectivity index (χ1) is 17.0. The summed E-state index contributed by atoms with van der Waals surface area (Å²) in [6, 6.07) is 0. The van der Waals surface area contributed by atoms with Crippen LogP contribution in [0.25, 0.3) is 0 Å². The van der Waals surface area contributed by atoms with Gasteiger partial charge in [-0.05, 0) is 91.9 Å². The van der Waals surface area contributed by atoms with Crippen LogP contribution < -0.4 is 0 Å². The number of rotatable bonds is 6. The van der Waals surface area contributed by atoms with Gasteiger partial charge in [0.1, 0.15) is 12.2 Å². The highest BCUT2D eigenvalue weighted by Gasteiger charge is 2.63. The van der Waals surface area contributed by atoms with Crippen molar-refractivity contribution in [3.8, 4) is 0 Å². The summed E-state index contributed by atoms with van der Waals surface area (Å²) in [5.41, 5.74) is 3.62. The zero-order valence-corrected chi connectivity index (χ0v) is 23.2. The summed E-state index contributed by atoms with van der Waals surface area (Å²) in [5, 5.41) is 0. The molecule has 0 radical (unpaired) electrons. The Morgan fingerprint density at radius 1 is 1.14 bits per heavy atom. The van der Waals surface area contributed by atoms with Gasteiger partial charge in [0.25, 0.3) is 0 Å². The number of carbonyl (C=O) groups is 2. The summed E-state index contributed by atoms with van der Waals surface area (Å²) in [6.07, 6.45) is 12.9. The molecule has 1 heterocycles. The minimum Gasteiger partial charge on any atom is -0.494 e. The molecule has 4 aliphatic carbocycles. The van der Waals surface area contributed by atoms with Crippen molar-refractivity contribution in [2.45, 2.75) is 112 Å². The minimum absolute atomic E-state index is 0.0643. The molecule has 200 valence electrons. The fourth-order valence-electron chi connectivity index (χ4n) is 9.27. The van der Waals surface area contributed by atoms with Gasteiger partial charge in [0.15, 0.2) is 0 Å². The highest BCUT2D eigenvalue weighted by atomic mass is 16.5. The molecule has 9 atom stereocenters. The summed E-state index contributed by atoms with van der Waals surface area (Å²) in [5.74, 6) is 3.93. The summed E-state index contributed by atoms with van der Waals surface area (Å²) < 4.78 is 17.5. The molecule has 0 aromatic carbocycles.